The van der Waals surface area contributed by atoms with Gasteiger partial charge in [-0.05, 0) is 30.3 Å². The Morgan fingerprint density at radius 2 is 1.96 bits per heavy atom. The van der Waals surface area contributed by atoms with Crippen LogP contribution >= 0.6 is 11.3 Å². The Bertz CT molecular complexity index is 1130. The quantitative estimate of drug-likeness (QED) is 0.689. The molecule has 2 aromatic carbocycles. The molecular formula is C16H12F2N2O3S2. The van der Waals surface area contributed by atoms with Crippen molar-refractivity contribution in [2.45, 2.75) is 11.4 Å². The lowest BCUT2D eigenvalue weighted by atomic mass is 10.3. The van der Waals surface area contributed by atoms with E-state index < -0.39 is 26.6 Å². The summed E-state index contributed by atoms with van der Waals surface area (Å²) in [6.45, 7) is 3.93. The molecule has 5 nitrogen and oxygen atoms in total. The molecule has 9 heteroatoms. The van der Waals surface area contributed by atoms with E-state index in [4.69, 9.17) is 0 Å². The summed E-state index contributed by atoms with van der Waals surface area (Å²) in [6.07, 6.45) is 1.58. The number of hydrogen-bond donors (Lipinski definition) is 1. The summed E-state index contributed by atoms with van der Waals surface area (Å²) >= 11 is 0.961. The summed E-state index contributed by atoms with van der Waals surface area (Å²) in [5.41, 5.74) is 0.814. The van der Waals surface area contributed by atoms with Gasteiger partial charge in [-0.3, -0.25) is 14.1 Å². The van der Waals surface area contributed by atoms with Gasteiger partial charge in [-0.2, -0.15) is 0 Å². The predicted octanol–water partition coefficient (Wildman–Crippen LogP) is 3.33. The smallest absolute Gasteiger partial charge is 0.295 e. The Kier molecular flexibility index (Phi) is 4.44. The van der Waals surface area contributed by atoms with Crippen LogP contribution in [-0.4, -0.2) is 13.0 Å². The van der Waals surface area contributed by atoms with Crippen LogP contribution in [0.2, 0.25) is 0 Å². The second kappa shape index (κ2) is 6.41. The van der Waals surface area contributed by atoms with Gasteiger partial charge in [-0.25, -0.2) is 17.2 Å². The molecule has 1 aromatic heterocycles. The number of fused-ring (bicyclic) bond motifs is 1. The lowest BCUT2D eigenvalue weighted by molar-refractivity contribution is 0.551. The minimum absolute atomic E-state index is 0.170. The van der Waals surface area contributed by atoms with E-state index in [9.17, 15) is 22.0 Å². The van der Waals surface area contributed by atoms with Crippen molar-refractivity contribution in [1.82, 2.24) is 4.57 Å². The molecule has 0 atom stereocenters. The van der Waals surface area contributed by atoms with Crippen LogP contribution in [0.25, 0.3) is 10.2 Å². The van der Waals surface area contributed by atoms with Crippen LogP contribution < -0.4 is 9.60 Å². The summed E-state index contributed by atoms with van der Waals surface area (Å²) in [5, 5.41) is 0. The number of aromatic nitrogens is 1. The van der Waals surface area contributed by atoms with Gasteiger partial charge in [0.15, 0.2) is 0 Å². The molecule has 3 rings (SSSR count). The maximum atomic E-state index is 13.7. The third-order valence-electron chi connectivity index (χ3n) is 3.42. The summed E-state index contributed by atoms with van der Waals surface area (Å²) in [4.78, 5) is 11.1. The first-order chi connectivity index (χ1) is 11.8. The SMILES string of the molecule is C=CCn1c(=O)sc2cc(NS(=O)(=O)c3ccc(F)cc3F)ccc21. The Balaban J connectivity index is 2.00. The van der Waals surface area contributed by atoms with Gasteiger partial charge in [0.1, 0.15) is 16.5 Å². The van der Waals surface area contributed by atoms with Crippen LogP contribution in [0.3, 0.4) is 0 Å². The van der Waals surface area contributed by atoms with Crippen molar-refractivity contribution in [3.63, 3.8) is 0 Å². The van der Waals surface area contributed by atoms with Crippen molar-refractivity contribution in [1.29, 1.82) is 0 Å². The molecule has 0 amide bonds. The van der Waals surface area contributed by atoms with Crippen LogP contribution in [0.1, 0.15) is 0 Å². The number of benzene rings is 2. The molecule has 0 radical (unpaired) electrons. The monoisotopic (exact) mass is 382 g/mol. The number of nitrogens with one attached hydrogen (secondary N) is 1. The highest BCUT2D eigenvalue weighted by molar-refractivity contribution is 7.92. The Morgan fingerprint density at radius 3 is 2.64 bits per heavy atom. The minimum Gasteiger partial charge on any atom is -0.295 e. The van der Waals surface area contributed by atoms with Gasteiger partial charge in [-0.15, -0.1) is 6.58 Å². The third-order valence-corrected chi connectivity index (χ3v) is 5.77. The van der Waals surface area contributed by atoms with Gasteiger partial charge >= 0.3 is 4.87 Å². The third kappa shape index (κ3) is 3.33. The lowest BCUT2D eigenvalue weighted by Gasteiger charge is -2.09. The summed E-state index contributed by atoms with van der Waals surface area (Å²) in [6, 6.07) is 6.76. The lowest BCUT2D eigenvalue weighted by Crippen LogP contribution is -2.14. The number of anilines is 1. The number of nitrogens with zero attached hydrogens (tertiary/aromatic N) is 1. The van der Waals surface area contributed by atoms with E-state index in [0.717, 1.165) is 23.5 Å². The average Bonchev–Trinajstić information content (AvgIpc) is 2.82. The first-order valence-corrected chi connectivity index (χ1v) is 9.34. The van der Waals surface area contributed by atoms with Gasteiger partial charge in [0.05, 0.1) is 15.9 Å². The van der Waals surface area contributed by atoms with E-state index in [1.807, 2.05) is 0 Å². The van der Waals surface area contributed by atoms with E-state index >= 15 is 0 Å². The maximum absolute atomic E-state index is 13.7. The Labute approximate surface area is 145 Å². The molecule has 130 valence electrons. The first kappa shape index (κ1) is 17.3. The van der Waals surface area contributed by atoms with Gasteiger partial charge in [-0.1, -0.05) is 17.4 Å². The molecule has 0 aliphatic heterocycles. The second-order valence-electron chi connectivity index (χ2n) is 5.13. The minimum atomic E-state index is -4.23. The Morgan fingerprint density at radius 1 is 1.20 bits per heavy atom. The van der Waals surface area contributed by atoms with Gasteiger partial charge < -0.3 is 0 Å². The van der Waals surface area contributed by atoms with Gasteiger partial charge in [0, 0.05) is 12.6 Å². The van der Waals surface area contributed by atoms with Crippen molar-refractivity contribution < 1.29 is 17.2 Å². The second-order valence-corrected chi connectivity index (χ2v) is 7.77. The standard InChI is InChI=1S/C16H12F2N2O3S2/c1-2-7-20-13-5-4-11(9-14(13)24-16(20)21)19-25(22,23)15-6-3-10(17)8-12(15)18/h2-6,8-9,19H,1,7H2. The largest absolute Gasteiger partial charge is 0.308 e. The molecule has 1 N–H and O–H groups in total. The highest BCUT2D eigenvalue weighted by Gasteiger charge is 2.20. The average molecular weight is 382 g/mol. The molecule has 0 spiro atoms. The molecule has 0 fully saturated rings. The Hall–Kier alpha value is -2.52. The highest BCUT2D eigenvalue weighted by Crippen LogP contribution is 2.25. The molecule has 0 bridgehead atoms. The number of allylic oxidation sites excluding steroid dienone is 1. The molecule has 0 aliphatic carbocycles. The van der Waals surface area contributed by atoms with E-state index in [2.05, 4.69) is 11.3 Å². The van der Waals surface area contributed by atoms with Crippen molar-refractivity contribution in [2.75, 3.05) is 4.72 Å². The van der Waals surface area contributed by atoms with Crippen molar-refractivity contribution in [3.05, 3.63) is 70.4 Å². The van der Waals surface area contributed by atoms with E-state index in [-0.39, 0.29) is 10.6 Å². The predicted molar refractivity (Wildman–Crippen MR) is 93.4 cm³/mol. The normalized spacial score (nSPS) is 11.6. The van der Waals surface area contributed by atoms with Crippen LogP contribution in [0.5, 0.6) is 0 Å². The van der Waals surface area contributed by atoms with E-state index in [1.54, 1.807) is 12.1 Å². The summed E-state index contributed by atoms with van der Waals surface area (Å²) in [7, 11) is -4.23. The summed E-state index contributed by atoms with van der Waals surface area (Å²) in [5.74, 6) is -2.05. The van der Waals surface area contributed by atoms with Crippen LogP contribution in [0.15, 0.2) is 58.7 Å². The molecule has 0 saturated heterocycles. The number of thiazole rings is 1. The molecular weight excluding hydrogens is 370 g/mol. The molecule has 0 aliphatic rings. The van der Waals surface area contributed by atoms with Gasteiger partial charge in [0.25, 0.3) is 10.0 Å². The topological polar surface area (TPSA) is 68.2 Å². The van der Waals surface area contributed by atoms with Crippen LogP contribution in [0.4, 0.5) is 14.5 Å². The first-order valence-electron chi connectivity index (χ1n) is 7.04. The fraction of sp³-hybridized carbons (Fsp3) is 0.0625. The van der Waals surface area contributed by atoms with E-state index in [0.29, 0.717) is 22.8 Å². The molecule has 3 aromatic rings. The highest BCUT2D eigenvalue weighted by atomic mass is 32.2. The van der Waals surface area contributed by atoms with Crippen molar-refractivity contribution >= 4 is 37.3 Å². The molecule has 1 heterocycles. The number of halogens is 2. The summed E-state index contributed by atoms with van der Waals surface area (Å²) < 4.78 is 55.6. The number of rotatable bonds is 5. The molecule has 0 saturated carbocycles. The zero-order chi connectivity index (χ0) is 18.2. The molecule has 25 heavy (non-hydrogen) atoms. The van der Waals surface area contributed by atoms with Crippen molar-refractivity contribution in [3.8, 4) is 0 Å². The zero-order valence-electron chi connectivity index (χ0n) is 12.7. The fourth-order valence-electron chi connectivity index (χ4n) is 2.34. The van der Waals surface area contributed by atoms with E-state index in [1.165, 1.54) is 16.7 Å². The zero-order valence-corrected chi connectivity index (χ0v) is 14.3. The van der Waals surface area contributed by atoms with Crippen LogP contribution in [-0.2, 0) is 16.6 Å². The van der Waals surface area contributed by atoms with Crippen LogP contribution in [0, 0.1) is 11.6 Å². The fourth-order valence-corrected chi connectivity index (χ4v) is 4.39. The number of sulfonamides is 1. The number of hydrogen-bond acceptors (Lipinski definition) is 4. The molecule has 0 unspecified atom stereocenters. The maximum Gasteiger partial charge on any atom is 0.308 e. The van der Waals surface area contributed by atoms with Gasteiger partial charge in [0.2, 0.25) is 0 Å². The van der Waals surface area contributed by atoms with Crippen molar-refractivity contribution in [2.24, 2.45) is 0 Å².